The summed E-state index contributed by atoms with van der Waals surface area (Å²) >= 11 is 0. The monoisotopic (exact) mass is 945 g/mol. The lowest BCUT2D eigenvalue weighted by Crippen LogP contribution is -2.60. The zero-order valence-electron chi connectivity index (χ0n) is 39.2. The number of hydrogen-bond donors (Lipinski definition) is 4. The number of H-pyrrole nitrogens is 1. The quantitative estimate of drug-likeness (QED) is 0.0611. The summed E-state index contributed by atoms with van der Waals surface area (Å²) < 4.78 is 36.0. The fourth-order valence-electron chi connectivity index (χ4n) is 11.4. The Morgan fingerprint density at radius 3 is 2.46 bits per heavy atom. The molecule has 5 aromatic rings. The van der Waals surface area contributed by atoms with Gasteiger partial charge in [0.2, 0.25) is 5.82 Å². The molecule has 1 atom stereocenters. The number of nitrogens with zero attached hydrogens (tertiary/aromatic N) is 6. The molecule has 2 saturated heterocycles. The van der Waals surface area contributed by atoms with Crippen molar-refractivity contribution >= 4 is 44.2 Å². The number of pyridine rings is 2. The molecule has 5 heterocycles. The molecule has 0 bridgehead atoms. The van der Waals surface area contributed by atoms with E-state index in [0.717, 1.165) is 87.8 Å². The SMILES string of the molecule is CC(C)c1ccccc1[C@@H]1CN(C2CC2)CCN1C1CC2(CCN(c3ccc(C(=O)NS(=O)(=O)c4cnc(NCC5CCC(C)(O)CC5)c([N+](=O)[O-])c4)c(Oc4cnc5[nH]ccc5c4)c3)CC2)C1. The van der Waals surface area contributed by atoms with Gasteiger partial charge in [-0.3, -0.25) is 24.7 Å². The van der Waals surface area contributed by atoms with Crippen LogP contribution in [0.15, 0.2) is 84.1 Å². The normalized spacial score (nSPS) is 23.7. The van der Waals surface area contributed by atoms with Crippen molar-refractivity contribution in [1.29, 1.82) is 0 Å². The third-order valence-corrected chi connectivity index (χ3v) is 16.9. The van der Waals surface area contributed by atoms with Crippen molar-refractivity contribution in [3.63, 3.8) is 0 Å². The first-order valence-electron chi connectivity index (χ1n) is 24.4. The third kappa shape index (κ3) is 9.67. The lowest BCUT2D eigenvalue weighted by Gasteiger charge is -2.58. The summed E-state index contributed by atoms with van der Waals surface area (Å²) in [6.07, 6.45) is 14.1. The summed E-state index contributed by atoms with van der Waals surface area (Å²) in [6.45, 7) is 11.8. The first-order valence-corrected chi connectivity index (χ1v) is 25.9. The van der Waals surface area contributed by atoms with Gasteiger partial charge in [-0.05, 0) is 124 Å². The molecule has 17 heteroatoms. The molecule has 2 aromatic carbocycles. The maximum atomic E-state index is 14.0. The molecule has 3 aromatic heterocycles. The van der Waals surface area contributed by atoms with Crippen LogP contribution in [0.4, 0.5) is 17.2 Å². The van der Waals surface area contributed by atoms with Crippen LogP contribution in [-0.2, 0) is 10.0 Å². The largest absolute Gasteiger partial charge is 0.455 e. The molecule has 5 aliphatic rings. The van der Waals surface area contributed by atoms with Crippen molar-refractivity contribution < 1.29 is 28.0 Å². The number of ether oxygens (including phenoxy) is 1. The molecule has 0 radical (unpaired) electrons. The van der Waals surface area contributed by atoms with Crippen LogP contribution in [0.5, 0.6) is 11.5 Å². The van der Waals surface area contributed by atoms with Gasteiger partial charge in [-0.2, -0.15) is 0 Å². The standard InChI is InChI=1S/C51H63N9O7S/c1-33(2)41-6-4-5-7-42(41)45-32-58(36-8-9-36)22-23-59(45)38-27-51(28-38)17-20-57(21-18-51)37-10-11-43(46(25-37)67-39-24-35-14-19-52-47(35)54-30-39)49(61)56-68(65,66)40-26-44(60(63)64)48(55-31-40)53-29-34-12-15-50(3,62)16-13-34/h4-7,10-11,14,19,24-26,30-31,33-34,36,38,45,62H,8-9,12-13,15-18,20-23,27-29,32H2,1-3H3,(H,52,54)(H,53,55)(H,56,61)/t34?,45-,50?/m0/s1. The van der Waals surface area contributed by atoms with E-state index in [1.165, 1.54) is 43.0 Å². The highest BCUT2D eigenvalue weighted by Gasteiger charge is 2.51. The summed E-state index contributed by atoms with van der Waals surface area (Å²) in [7, 11) is -4.63. The van der Waals surface area contributed by atoms with Gasteiger partial charge >= 0.3 is 5.69 Å². The molecule has 1 spiro atoms. The topological polar surface area (TPSA) is 199 Å². The van der Waals surface area contributed by atoms with Gasteiger partial charge < -0.3 is 25.0 Å². The molecule has 1 amide bonds. The van der Waals surface area contributed by atoms with Gasteiger partial charge in [0.25, 0.3) is 15.9 Å². The van der Waals surface area contributed by atoms with Crippen LogP contribution >= 0.6 is 0 Å². The van der Waals surface area contributed by atoms with E-state index >= 15 is 0 Å². The van der Waals surface area contributed by atoms with Crippen molar-refractivity contribution in [2.75, 3.05) is 49.5 Å². The molecule has 16 nitrogen and oxygen atoms in total. The van der Waals surface area contributed by atoms with Crippen LogP contribution in [0.1, 0.15) is 118 Å². The van der Waals surface area contributed by atoms with Gasteiger partial charge in [0.1, 0.15) is 22.0 Å². The van der Waals surface area contributed by atoms with Gasteiger partial charge in [-0.25, -0.2) is 23.1 Å². The van der Waals surface area contributed by atoms with Crippen molar-refractivity contribution in [2.45, 2.75) is 120 Å². The molecule has 5 fully saturated rings. The van der Waals surface area contributed by atoms with E-state index in [2.05, 4.69) is 77.8 Å². The van der Waals surface area contributed by atoms with E-state index in [-0.39, 0.29) is 28.5 Å². The smallest absolute Gasteiger partial charge is 0.312 e. The van der Waals surface area contributed by atoms with Gasteiger partial charge in [-0.1, -0.05) is 38.1 Å². The van der Waals surface area contributed by atoms with Crippen molar-refractivity contribution in [3.8, 4) is 11.5 Å². The number of hydrogen-bond acceptors (Lipinski definition) is 13. The minimum Gasteiger partial charge on any atom is -0.455 e. The maximum Gasteiger partial charge on any atom is 0.312 e. The fraction of sp³-hybridized carbons (Fsp3) is 0.510. The molecule has 68 heavy (non-hydrogen) atoms. The number of carbonyl (C=O) groups is 1. The highest BCUT2D eigenvalue weighted by atomic mass is 32.2. The molecule has 10 rings (SSSR count). The molecule has 0 unspecified atom stereocenters. The van der Waals surface area contributed by atoms with Gasteiger partial charge in [0.05, 0.1) is 28.5 Å². The number of amides is 1. The number of anilines is 2. The molecule has 4 N–H and O–H groups in total. The Morgan fingerprint density at radius 1 is 0.956 bits per heavy atom. The van der Waals surface area contributed by atoms with Crippen LogP contribution in [0.2, 0.25) is 0 Å². The fourth-order valence-corrected chi connectivity index (χ4v) is 12.3. The number of carbonyl (C=O) groups excluding carboxylic acids is 1. The lowest BCUT2D eigenvalue weighted by atomic mass is 9.59. The highest BCUT2D eigenvalue weighted by molar-refractivity contribution is 7.90. The van der Waals surface area contributed by atoms with Crippen molar-refractivity contribution in [2.24, 2.45) is 11.3 Å². The average molecular weight is 946 g/mol. The Kier molecular flexibility index (Phi) is 12.5. The summed E-state index contributed by atoms with van der Waals surface area (Å²) in [5.74, 6) is 0.0963. The van der Waals surface area contributed by atoms with Crippen molar-refractivity contribution in [1.82, 2.24) is 29.5 Å². The molecule has 3 saturated carbocycles. The molecule has 360 valence electrons. The Labute approximate surface area is 398 Å². The van der Waals surface area contributed by atoms with E-state index < -0.39 is 37.0 Å². The number of rotatable bonds is 14. The van der Waals surface area contributed by atoms with Gasteiger partial charge in [0.15, 0.2) is 0 Å². The minimum atomic E-state index is -4.63. The number of aromatic amines is 1. The Hall–Kier alpha value is -5.62. The number of aromatic nitrogens is 3. The number of nitro groups is 1. The van der Waals surface area contributed by atoms with E-state index in [1.54, 1.807) is 31.3 Å². The predicted octanol–water partition coefficient (Wildman–Crippen LogP) is 8.52. The highest BCUT2D eigenvalue weighted by Crippen LogP contribution is 2.54. The summed E-state index contributed by atoms with van der Waals surface area (Å²) in [5.41, 5.74) is 3.45. The Bertz CT molecular complexity index is 2780. The predicted molar refractivity (Wildman–Crippen MR) is 261 cm³/mol. The van der Waals surface area contributed by atoms with Crippen LogP contribution in [0, 0.1) is 21.4 Å². The van der Waals surface area contributed by atoms with Crippen LogP contribution < -0.4 is 19.7 Å². The van der Waals surface area contributed by atoms with Crippen LogP contribution in [0.3, 0.4) is 0 Å². The number of piperidine rings is 1. The van der Waals surface area contributed by atoms with Crippen LogP contribution in [0.25, 0.3) is 11.0 Å². The van der Waals surface area contributed by atoms with E-state index in [0.29, 0.717) is 48.8 Å². The minimum absolute atomic E-state index is 0.0376. The van der Waals surface area contributed by atoms with E-state index in [1.807, 2.05) is 12.1 Å². The number of nitrogens with one attached hydrogen (secondary N) is 3. The number of sulfonamides is 1. The third-order valence-electron chi connectivity index (χ3n) is 15.6. The summed E-state index contributed by atoms with van der Waals surface area (Å²) in [5, 5.41) is 26.3. The summed E-state index contributed by atoms with van der Waals surface area (Å²) in [6, 6.07) is 20.5. The van der Waals surface area contributed by atoms with Gasteiger partial charge in [-0.15, -0.1) is 0 Å². The van der Waals surface area contributed by atoms with Crippen LogP contribution in [-0.4, -0.2) is 106 Å². The van der Waals surface area contributed by atoms with Crippen molar-refractivity contribution in [3.05, 3.63) is 106 Å². The Balaban J connectivity index is 0.836. The maximum absolute atomic E-state index is 14.0. The van der Waals surface area contributed by atoms with E-state index in [9.17, 15) is 28.4 Å². The second kappa shape index (κ2) is 18.4. The Morgan fingerprint density at radius 2 is 1.72 bits per heavy atom. The summed E-state index contributed by atoms with van der Waals surface area (Å²) in [4.78, 5) is 44.5. The molecule has 3 aliphatic carbocycles. The number of aliphatic hydroxyl groups is 1. The first kappa shape index (κ1) is 46.1. The zero-order chi connectivity index (χ0) is 47.4. The number of fused-ring (bicyclic) bond motifs is 1. The molecule has 2 aliphatic heterocycles. The van der Waals surface area contributed by atoms with E-state index in [4.69, 9.17) is 4.74 Å². The average Bonchev–Trinajstić information content (AvgIpc) is 4.07. The molecular formula is C51H63N9O7S. The number of benzene rings is 2. The number of piperazine rings is 1. The lowest BCUT2D eigenvalue weighted by molar-refractivity contribution is -0.384. The zero-order valence-corrected chi connectivity index (χ0v) is 40.0. The van der Waals surface area contributed by atoms with Gasteiger partial charge in [0, 0.05) is 86.8 Å². The molecular weight excluding hydrogens is 883 g/mol. The second-order valence-electron chi connectivity index (χ2n) is 20.7. The second-order valence-corrected chi connectivity index (χ2v) is 22.4. The first-order chi connectivity index (χ1) is 32.6.